The van der Waals surface area contributed by atoms with Crippen molar-refractivity contribution >= 4 is 11.9 Å². The Morgan fingerprint density at radius 2 is 2.00 bits per heavy atom. The largest absolute Gasteiger partial charge is 0.481 e. The van der Waals surface area contributed by atoms with Crippen molar-refractivity contribution in [2.45, 2.75) is 64.3 Å². The van der Waals surface area contributed by atoms with Crippen molar-refractivity contribution in [2.75, 3.05) is 6.54 Å². The van der Waals surface area contributed by atoms with E-state index >= 15 is 0 Å². The molecule has 108 valence electrons. The van der Waals surface area contributed by atoms with E-state index in [1.165, 1.54) is 32.1 Å². The van der Waals surface area contributed by atoms with Gasteiger partial charge in [-0.05, 0) is 31.6 Å². The van der Waals surface area contributed by atoms with Gasteiger partial charge in [0.15, 0.2) is 0 Å². The average Bonchev–Trinajstić information content (AvgIpc) is 2.42. The van der Waals surface area contributed by atoms with Crippen LogP contribution in [0, 0.1) is 11.8 Å². The van der Waals surface area contributed by atoms with Gasteiger partial charge in [-0.3, -0.25) is 9.59 Å². The Labute approximate surface area is 115 Å². The van der Waals surface area contributed by atoms with Crippen LogP contribution in [0.1, 0.15) is 58.3 Å². The van der Waals surface area contributed by atoms with Crippen LogP contribution in [0.2, 0.25) is 0 Å². The van der Waals surface area contributed by atoms with Gasteiger partial charge in [-0.15, -0.1) is 0 Å². The van der Waals surface area contributed by atoms with Crippen molar-refractivity contribution in [1.82, 2.24) is 4.90 Å². The Kier molecular flexibility index (Phi) is 4.83. The molecule has 0 aromatic carbocycles. The number of nitrogens with zero attached hydrogens (tertiary/aromatic N) is 1. The molecule has 0 bridgehead atoms. The van der Waals surface area contributed by atoms with Crippen molar-refractivity contribution in [3.8, 4) is 0 Å². The first-order valence-electron chi connectivity index (χ1n) is 7.65. The van der Waals surface area contributed by atoms with E-state index < -0.39 is 5.97 Å². The molecule has 2 unspecified atom stereocenters. The Morgan fingerprint density at radius 1 is 1.32 bits per heavy atom. The van der Waals surface area contributed by atoms with Gasteiger partial charge in [0.2, 0.25) is 5.91 Å². The minimum atomic E-state index is -0.754. The molecule has 19 heavy (non-hydrogen) atoms. The number of carbonyl (C=O) groups is 2. The second kappa shape index (κ2) is 6.40. The lowest BCUT2D eigenvalue weighted by Gasteiger charge is -2.41. The molecule has 1 heterocycles. The fraction of sp³-hybridized carbons (Fsp3) is 0.867. The number of carbonyl (C=O) groups excluding carboxylic acids is 1. The van der Waals surface area contributed by atoms with E-state index in [-0.39, 0.29) is 17.9 Å². The van der Waals surface area contributed by atoms with Crippen LogP contribution in [0.15, 0.2) is 0 Å². The van der Waals surface area contributed by atoms with Gasteiger partial charge in [0.25, 0.3) is 0 Å². The molecule has 1 saturated carbocycles. The third kappa shape index (κ3) is 3.28. The Hall–Kier alpha value is -1.06. The number of amides is 1. The summed E-state index contributed by atoms with van der Waals surface area (Å²) < 4.78 is 0. The standard InChI is InChI=1S/C15H25NO3/c1-2-13(11-6-4-3-5-7-11)16-10-12(15(18)19)8-9-14(16)17/h11-13H,2-10H2,1H3,(H,18,19). The van der Waals surface area contributed by atoms with Crippen LogP contribution in [0.25, 0.3) is 0 Å². The summed E-state index contributed by atoms with van der Waals surface area (Å²) in [6.45, 7) is 2.54. The number of hydrogen-bond acceptors (Lipinski definition) is 2. The molecule has 2 atom stereocenters. The van der Waals surface area contributed by atoms with E-state index in [1.807, 2.05) is 4.90 Å². The predicted octanol–water partition coefficient (Wildman–Crippen LogP) is 2.67. The Morgan fingerprint density at radius 3 is 2.58 bits per heavy atom. The Bertz CT molecular complexity index is 336. The van der Waals surface area contributed by atoms with Crippen LogP contribution in [0.5, 0.6) is 0 Å². The molecular formula is C15H25NO3. The molecule has 4 nitrogen and oxygen atoms in total. The highest BCUT2D eigenvalue weighted by molar-refractivity contribution is 5.80. The van der Waals surface area contributed by atoms with Crippen molar-refractivity contribution in [2.24, 2.45) is 11.8 Å². The first kappa shape index (κ1) is 14.4. The summed E-state index contributed by atoms with van der Waals surface area (Å²) in [7, 11) is 0. The summed E-state index contributed by atoms with van der Waals surface area (Å²) in [6, 6.07) is 0.259. The van der Waals surface area contributed by atoms with E-state index in [0.29, 0.717) is 25.3 Å². The lowest BCUT2D eigenvalue weighted by molar-refractivity contribution is -0.149. The van der Waals surface area contributed by atoms with Crippen LogP contribution in [0.3, 0.4) is 0 Å². The molecule has 1 aliphatic carbocycles. The third-order valence-corrected chi connectivity index (χ3v) is 4.81. The van der Waals surface area contributed by atoms with Crippen LogP contribution in [-0.4, -0.2) is 34.5 Å². The highest BCUT2D eigenvalue weighted by Gasteiger charge is 2.36. The number of hydrogen-bond donors (Lipinski definition) is 1. The zero-order valence-corrected chi connectivity index (χ0v) is 11.8. The molecular weight excluding hydrogens is 242 g/mol. The molecule has 0 spiro atoms. The highest BCUT2D eigenvalue weighted by atomic mass is 16.4. The quantitative estimate of drug-likeness (QED) is 0.852. The molecule has 2 aliphatic rings. The van der Waals surface area contributed by atoms with E-state index in [0.717, 1.165) is 6.42 Å². The molecule has 1 saturated heterocycles. The van der Waals surface area contributed by atoms with Gasteiger partial charge >= 0.3 is 5.97 Å². The second-order valence-electron chi connectivity index (χ2n) is 5.99. The summed E-state index contributed by atoms with van der Waals surface area (Å²) in [5.41, 5.74) is 0. The Balaban J connectivity index is 2.06. The van der Waals surface area contributed by atoms with E-state index in [9.17, 15) is 9.59 Å². The molecule has 0 aromatic rings. The first-order chi connectivity index (χ1) is 9.13. The summed E-state index contributed by atoms with van der Waals surface area (Å²) in [6.07, 6.45) is 8.06. The molecule has 0 radical (unpaired) electrons. The summed E-state index contributed by atoms with van der Waals surface area (Å²) in [5, 5.41) is 9.17. The molecule has 2 fully saturated rings. The fourth-order valence-electron chi connectivity index (χ4n) is 3.72. The zero-order chi connectivity index (χ0) is 13.8. The number of rotatable bonds is 4. The SMILES string of the molecule is CCC(C1CCCCC1)N1CC(C(=O)O)CCC1=O. The van der Waals surface area contributed by atoms with E-state index in [1.54, 1.807) is 0 Å². The maximum absolute atomic E-state index is 12.1. The van der Waals surface area contributed by atoms with Crippen LogP contribution >= 0.6 is 0 Å². The van der Waals surface area contributed by atoms with Crippen molar-refractivity contribution in [1.29, 1.82) is 0 Å². The normalized spacial score (nSPS) is 27.3. The van der Waals surface area contributed by atoms with Gasteiger partial charge in [0.1, 0.15) is 0 Å². The van der Waals surface area contributed by atoms with Crippen LogP contribution in [-0.2, 0) is 9.59 Å². The predicted molar refractivity (Wildman–Crippen MR) is 72.7 cm³/mol. The smallest absolute Gasteiger partial charge is 0.308 e. The highest BCUT2D eigenvalue weighted by Crippen LogP contribution is 2.33. The van der Waals surface area contributed by atoms with Gasteiger partial charge < -0.3 is 10.0 Å². The van der Waals surface area contributed by atoms with Gasteiger partial charge in [-0.2, -0.15) is 0 Å². The third-order valence-electron chi connectivity index (χ3n) is 4.81. The lowest BCUT2D eigenvalue weighted by atomic mass is 9.81. The maximum atomic E-state index is 12.1. The average molecular weight is 267 g/mol. The van der Waals surface area contributed by atoms with Crippen LogP contribution < -0.4 is 0 Å². The number of aliphatic carboxylic acids is 1. The zero-order valence-electron chi connectivity index (χ0n) is 11.8. The van der Waals surface area contributed by atoms with Crippen LogP contribution in [0.4, 0.5) is 0 Å². The maximum Gasteiger partial charge on any atom is 0.308 e. The van der Waals surface area contributed by atoms with Gasteiger partial charge in [0, 0.05) is 19.0 Å². The summed E-state index contributed by atoms with van der Waals surface area (Å²) in [4.78, 5) is 25.2. The van der Waals surface area contributed by atoms with Gasteiger partial charge in [0.05, 0.1) is 5.92 Å². The topological polar surface area (TPSA) is 57.6 Å². The second-order valence-corrected chi connectivity index (χ2v) is 5.99. The molecule has 1 N–H and O–H groups in total. The molecule has 1 aliphatic heterocycles. The van der Waals surface area contributed by atoms with Crippen molar-refractivity contribution in [3.63, 3.8) is 0 Å². The molecule has 4 heteroatoms. The number of likely N-dealkylation sites (tertiary alicyclic amines) is 1. The molecule has 1 amide bonds. The van der Waals surface area contributed by atoms with Crippen molar-refractivity contribution in [3.05, 3.63) is 0 Å². The number of piperidine rings is 1. The minimum Gasteiger partial charge on any atom is -0.481 e. The van der Waals surface area contributed by atoms with Gasteiger partial charge in [-0.25, -0.2) is 0 Å². The first-order valence-corrected chi connectivity index (χ1v) is 7.65. The molecule has 0 aromatic heterocycles. The molecule has 2 rings (SSSR count). The summed E-state index contributed by atoms with van der Waals surface area (Å²) >= 11 is 0. The van der Waals surface area contributed by atoms with Gasteiger partial charge in [-0.1, -0.05) is 26.2 Å². The lowest BCUT2D eigenvalue weighted by Crippen LogP contribution is -2.50. The number of carboxylic acids is 1. The van der Waals surface area contributed by atoms with E-state index in [2.05, 4.69) is 6.92 Å². The van der Waals surface area contributed by atoms with Crippen molar-refractivity contribution < 1.29 is 14.7 Å². The number of carboxylic acid groups (broad SMARTS) is 1. The fourth-order valence-corrected chi connectivity index (χ4v) is 3.72. The minimum absolute atomic E-state index is 0.162. The monoisotopic (exact) mass is 267 g/mol. The van der Waals surface area contributed by atoms with E-state index in [4.69, 9.17) is 5.11 Å². The summed E-state index contributed by atoms with van der Waals surface area (Å²) in [5.74, 6) is -0.378.